The third kappa shape index (κ3) is 4.05. The Morgan fingerprint density at radius 2 is 2.45 bits per heavy atom. The molecule has 1 aromatic rings. The van der Waals surface area contributed by atoms with Crippen LogP contribution in [0.25, 0.3) is 0 Å². The molecule has 1 aliphatic rings. The highest BCUT2D eigenvalue weighted by Crippen LogP contribution is 2.19. The first-order chi connectivity index (χ1) is 9.70. The van der Waals surface area contributed by atoms with Gasteiger partial charge in [-0.2, -0.15) is 5.10 Å². The Balaban J connectivity index is 1.73. The van der Waals surface area contributed by atoms with Gasteiger partial charge in [0.15, 0.2) is 0 Å². The molecule has 0 aromatic carbocycles. The van der Waals surface area contributed by atoms with Crippen LogP contribution in [-0.4, -0.2) is 46.8 Å². The zero-order valence-corrected chi connectivity index (χ0v) is 12.1. The SMILES string of the molecule is Cn1nccc1COCC(=O)N1CCCC(CCN)C1. The van der Waals surface area contributed by atoms with E-state index in [1.165, 1.54) is 6.42 Å². The van der Waals surface area contributed by atoms with E-state index in [1.54, 1.807) is 10.9 Å². The third-order valence-electron chi connectivity index (χ3n) is 3.84. The molecule has 1 fully saturated rings. The first-order valence-corrected chi connectivity index (χ1v) is 7.23. The molecule has 0 bridgehead atoms. The average Bonchev–Trinajstić information content (AvgIpc) is 2.85. The first-order valence-electron chi connectivity index (χ1n) is 7.23. The topological polar surface area (TPSA) is 73.4 Å². The number of hydrogen-bond donors (Lipinski definition) is 1. The van der Waals surface area contributed by atoms with Gasteiger partial charge in [0, 0.05) is 26.3 Å². The van der Waals surface area contributed by atoms with Crippen LogP contribution in [0.2, 0.25) is 0 Å². The lowest BCUT2D eigenvalue weighted by molar-refractivity contribution is -0.138. The summed E-state index contributed by atoms with van der Waals surface area (Å²) in [5, 5.41) is 4.06. The summed E-state index contributed by atoms with van der Waals surface area (Å²) in [7, 11) is 1.86. The monoisotopic (exact) mass is 280 g/mol. The molecule has 2 rings (SSSR count). The second-order valence-corrected chi connectivity index (χ2v) is 5.36. The molecule has 2 N–H and O–H groups in total. The summed E-state index contributed by atoms with van der Waals surface area (Å²) in [4.78, 5) is 14.0. The average molecular weight is 280 g/mol. The second kappa shape index (κ2) is 7.40. The van der Waals surface area contributed by atoms with E-state index in [0.717, 1.165) is 31.6 Å². The maximum absolute atomic E-state index is 12.1. The van der Waals surface area contributed by atoms with Gasteiger partial charge < -0.3 is 15.4 Å². The van der Waals surface area contributed by atoms with Crippen molar-refractivity contribution in [2.45, 2.75) is 25.9 Å². The van der Waals surface area contributed by atoms with Crippen molar-refractivity contribution in [2.24, 2.45) is 18.7 Å². The van der Waals surface area contributed by atoms with Gasteiger partial charge in [-0.25, -0.2) is 0 Å². The zero-order chi connectivity index (χ0) is 14.4. The van der Waals surface area contributed by atoms with Crippen molar-refractivity contribution in [1.29, 1.82) is 0 Å². The Morgan fingerprint density at radius 1 is 1.60 bits per heavy atom. The van der Waals surface area contributed by atoms with E-state index < -0.39 is 0 Å². The Hall–Kier alpha value is -1.40. The second-order valence-electron chi connectivity index (χ2n) is 5.36. The number of hydrogen-bond acceptors (Lipinski definition) is 4. The predicted octanol–water partition coefficient (Wildman–Crippen LogP) is 0.524. The van der Waals surface area contributed by atoms with Gasteiger partial charge in [0.05, 0.1) is 12.3 Å². The maximum Gasteiger partial charge on any atom is 0.248 e. The Kier molecular flexibility index (Phi) is 5.55. The molecule has 1 saturated heterocycles. The molecule has 6 heteroatoms. The summed E-state index contributed by atoms with van der Waals surface area (Å²) in [5.74, 6) is 0.628. The number of aromatic nitrogens is 2. The van der Waals surface area contributed by atoms with Crippen molar-refractivity contribution in [3.63, 3.8) is 0 Å². The van der Waals surface area contributed by atoms with Crippen molar-refractivity contribution >= 4 is 5.91 Å². The van der Waals surface area contributed by atoms with Crippen LogP contribution >= 0.6 is 0 Å². The van der Waals surface area contributed by atoms with Crippen molar-refractivity contribution in [2.75, 3.05) is 26.2 Å². The number of ether oxygens (including phenoxy) is 1. The summed E-state index contributed by atoms with van der Waals surface area (Å²) in [5.41, 5.74) is 6.56. The molecular weight excluding hydrogens is 256 g/mol. The number of nitrogens with zero attached hydrogens (tertiary/aromatic N) is 3. The molecule has 1 amide bonds. The molecule has 0 saturated carbocycles. The van der Waals surface area contributed by atoms with Gasteiger partial charge in [0.2, 0.25) is 5.91 Å². The Morgan fingerprint density at radius 3 is 3.15 bits per heavy atom. The lowest BCUT2D eigenvalue weighted by atomic mass is 9.95. The Bertz CT molecular complexity index is 431. The normalized spacial score (nSPS) is 19.3. The van der Waals surface area contributed by atoms with E-state index >= 15 is 0 Å². The first kappa shape index (κ1) is 15.0. The summed E-state index contributed by atoms with van der Waals surface area (Å²) in [6, 6.07) is 1.89. The van der Waals surface area contributed by atoms with E-state index in [-0.39, 0.29) is 12.5 Å². The molecule has 1 aromatic heterocycles. The fourth-order valence-electron chi connectivity index (χ4n) is 2.64. The molecule has 0 aliphatic carbocycles. The number of carbonyl (C=O) groups is 1. The molecular formula is C14H24N4O2. The van der Waals surface area contributed by atoms with Crippen LogP contribution in [-0.2, 0) is 23.2 Å². The molecule has 1 unspecified atom stereocenters. The van der Waals surface area contributed by atoms with Gasteiger partial charge >= 0.3 is 0 Å². The Labute approximate surface area is 119 Å². The minimum Gasteiger partial charge on any atom is -0.365 e. The highest BCUT2D eigenvalue weighted by atomic mass is 16.5. The van der Waals surface area contributed by atoms with Crippen molar-refractivity contribution in [3.05, 3.63) is 18.0 Å². The summed E-state index contributed by atoms with van der Waals surface area (Å²) < 4.78 is 7.24. The summed E-state index contributed by atoms with van der Waals surface area (Å²) in [6.45, 7) is 2.92. The number of nitrogens with two attached hydrogens (primary N) is 1. The molecule has 6 nitrogen and oxygen atoms in total. The van der Waals surface area contributed by atoms with E-state index in [1.807, 2.05) is 18.0 Å². The van der Waals surface area contributed by atoms with Crippen LogP contribution in [0.15, 0.2) is 12.3 Å². The lowest BCUT2D eigenvalue weighted by Crippen LogP contribution is -2.42. The maximum atomic E-state index is 12.1. The number of piperidine rings is 1. The van der Waals surface area contributed by atoms with Gasteiger partial charge in [0.25, 0.3) is 0 Å². The molecule has 20 heavy (non-hydrogen) atoms. The van der Waals surface area contributed by atoms with E-state index in [2.05, 4.69) is 5.10 Å². The van der Waals surface area contributed by atoms with Gasteiger partial charge in [-0.05, 0) is 37.8 Å². The lowest BCUT2D eigenvalue weighted by Gasteiger charge is -2.32. The number of amides is 1. The smallest absolute Gasteiger partial charge is 0.248 e. The van der Waals surface area contributed by atoms with E-state index in [4.69, 9.17) is 10.5 Å². The van der Waals surface area contributed by atoms with Crippen LogP contribution in [0.1, 0.15) is 25.0 Å². The van der Waals surface area contributed by atoms with Gasteiger partial charge in [-0.3, -0.25) is 9.48 Å². The van der Waals surface area contributed by atoms with E-state index in [9.17, 15) is 4.79 Å². The quantitative estimate of drug-likeness (QED) is 0.824. The van der Waals surface area contributed by atoms with Crippen LogP contribution in [0.3, 0.4) is 0 Å². The summed E-state index contributed by atoms with van der Waals surface area (Å²) >= 11 is 0. The zero-order valence-electron chi connectivity index (χ0n) is 12.1. The minimum absolute atomic E-state index is 0.0777. The number of carbonyl (C=O) groups excluding carboxylic acids is 1. The van der Waals surface area contributed by atoms with Crippen LogP contribution in [0.5, 0.6) is 0 Å². The predicted molar refractivity (Wildman–Crippen MR) is 75.8 cm³/mol. The number of rotatable bonds is 6. The minimum atomic E-state index is 0.0777. The molecule has 112 valence electrons. The molecule has 1 aliphatic heterocycles. The van der Waals surface area contributed by atoms with Crippen molar-refractivity contribution < 1.29 is 9.53 Å². The van der Waals surface area contributed by atoms with Gasteiger partial charge in [0.1, 0.15) is 6.61 Å². The summed E-state index contributed by atoms with van der Waals surface area (Å²) in [6.07, 6.45) is 4.97. The molecule has 0 spiro atoms. The highest BCUT2D eigenvalue weighted by Gasteiger charge is 2.23. The van der Waals surface area contributed by atoms with Crippen LogP contribution in [0, 0.1) is 5.92 Å². The molecule has 1 atom stereocenters. The number of aryl methyl sites for hydroxylation is 1. The molecule has 0 radical (unpaired) electrons. The fourth-order valence-corrected chi connectivity index (χ4v) is 2.64. The van der Waals surface area contributed by atoms with Gasteiger partial charge in [-0.1, -0.05) is 0 Å². The van der Waals surface area contributed by atoms with Crippen LogP contribution < -0.4 is 5.73 Å². The van der Waals surface area contributed by atoms with Crippen molar-refractivity contribution in [1.82, 2.24) is 14.7 Å². The highest BCUT2D eigenvalue weighted by molar-refractivity contribution is 5.77. The molecule has 2 heterocycles. The van der Waals surface area contributed by atoms with Gasteiger partial charge in [-0.15, -0.1) is 0 Å². The largest absolute Gasteiger partial charge is 0.365 e. The number of likely N-dealkylation sites (tertiary alicyclic amines) is 1. The standard InChI is InChI=1S/C14H24N4O2/c1-17-13(5-7-16-17)10-20-11-14(19)18-8-2-3-12(9-18)4-6-15/h5,7,12H,2-4,6,8-11,15H2,1H3. The van der Waals surface area contributed by atoms with Crippen molar-refractivity contribution in [3.8, 4) is 0 Å². The van der Waals surface area contributed by atoms with E-state index in [0.29, 0.717) is 19.1 Å². The fraction of sp³-hybridized carbons (Fsp3) is 0.714. The van der Waals surface area contributed by atoms with Crippen LogP contribution in [0.4, 0.5) is 0 Å². The third-order valence-corrected chi connectivity index (χ3v) is 3.84.